The predicted octanol–water partition coefficient (Wildman–Crippen LogP) is 2.84. The average Bonchev–Trinajstić information content (AvgIpc) is 2.31. The van der Waals surface area contributed by atoms with E-state index in [0.717, 1.165) is 30.0 Å². The molecule has 1 fully saturated rings. The zero-order valence-corrected chi connectivity index (χ0v) is 10.6. The van der Waals surface area contributed by atoms with Crippen molar-refractivity contribution in [2.45, 2.75) is 52.2 Å². The quantitative estimate of drug-likeness (QED) is 0.876. The maximum Gasteiger partial charge on any atom is 0.214 e. The van der Waals surface area contributed by atoms with Crippen LogP contribution >= 0.6 is 0 Å². The van der Waals surface area contributed by atoms with Gasteiger partial charge in [0.15, 0.2) is 0 Å². The number of aliphatic hydroxyl groups excluding tert-OH is 1. The molecule has 0 radical (unpaired) electrons. The minimum Gasteiger partial charge on any atom is -0.474 e. The molecule has 0 saturated heterocycles. The molecule has 17 heavy (non-hydrogen) atoms. The Kier molecular flexibility index (Phi) is 4.00. The SMILES string of the molecule is Cc1cc(CO)cc(OC2CCC(C)CC2)n1. The van der Waals surface area contributed by atoms with Crippen LogP contribution in [0.25, 0.3) is 0 Å². The lowest BCUT2D eigenvalue weighted by Gasteiger charge is -2.26. The monoisotopic (exact) mass is 235 g/mol. The lowest BCUT2D eigenvalue weighted by molar-refractivity contribution is 0.129. The first kappa shape index (κ1) is 12.4. The van der Waals surface area contributed by atoms with Gasteiger partial charge in [0.05, 0.1) is 6.61 Å². The number of hydrogen-bond donors (Lipinski definition) is 1. The van der Waals surface area contributed by atoms with E-state index in [1.165, 1.54) is 12.8 Å². The molecule has 0 aromatic carbocycles. The van der Waals surface area contributed by atoms with Gasteiger partial charge >= 0.3 is 0 Å². The number of rotatable bonds is 3. The molecule has 0 atom stereocenters. The smallest absolute Gasteiger partial charge is 0.214 e. The number of aryl methyl sites for hydroxylation is 1. The number of pyridine rings is 1. The Morgan fingerprint density at radius 1 is 1.29 bits per heavy atom. The Balaban J connectivity index is 2.00. The first-order valence-electron chi connectivity index (χ1n) is 6.42. The van der Waals surface area contributed by atoms with Crippen LogP contribution in [0, 0.1) is 12.8 Å². The van der Waals surface area contributed by atoms with Crippen LogP contribution < -0.4 is 4.74 Å². The molecule has 1 aliphatic carbocycles. The van der Waals surface area contributed by atoms with Crippen molar-refractivity contribution < 1.29 is 9.84 Å². The third-order valence-electron chi connectivity index (χ3n) is 3.42. The van der Waals surface area contributed by atoms with Crippen LogP contribution in [0.4, 0.5) is 0 Å². The van der Waals surface area contributed by atoms with E-state index in [1.54, 1.807) is 0 Å². The highest BCUT2D eigenvalue weighted by Crippen LogP contribution is 2.26. The van der Waals surface area contributed by atoms with Gasteiger partial charge in [-0.05, 0) is 50.2 Å². The standard InChI is InChI=1S/C14H21NO2/c1-10-3-5-13(6-4-10)17-14-8-12(9-16)7-11(2)15-14/h7-8,10,13,16H,3-6,9H2,1-2H3. The summed E-state index contributed by atoms with van der Waals surface area (Å²) in [6, 6.07) is 3.72. The zero-order chi connectivity index (χ0) is 12.3. The minimum atomic E-state index is 0.0431. The number of aromatic nitrogens is 1. The maximum absolute atomic E-state index is 9.14. The largest absolute Gasteiger partial charge is 0.474 e. The third-order valence-corrected chi connectivity index (χ3v) is 3.42. The van der Waals surface area contributed by atoms with E-state index < -0.39 is 0 Å². The fraction of sp³-hybridized carbons (Fsp3) is 0.643. The van der Waals surface area contributed by atoms with Crippen LogP contribution in [0.15, 0.2) is 12.1 Å². The summed E-state index contributed by atoms with van der Waals surface area (Å²) in [6.07, 6.45) is 5.01. The Morgan fingerprint density at radius 3 is 2.65 bits per heavy atom. The van der Waals surface area contributed by atoms with Crippen molar-refractivity contribution in [1.29, 1.82) is 0 Å². The van der Waals surface area contributed by atoms with Gasteiger partial charge in [-0.1, -0.05) is 6.92 Å². The Labute approximate surface area is 103 Å². The highest BCUT2D eigenvalue weighted by molar-refractivity contribution is 5.24. The average molecular weight is 235 g/mol. The van der Waals surface area contributed by atoms with Crippen molar-refractivity contribution in [2.24, 2.45) is 5.92 Å². The summed E-state index contributed by atoms with van der Waals surface area (Å²) < 4.78 is 5.90. The summed E-state index contributed by atoms with van der Waals surface area (Å²) in [5, 5.41) is 9.14. The third kappa shape index (κ3) is 3.43. The van der Waals surface area contributed by atoms with Gasteiger partial charge in [-0.3, -0.25) is 0 Å². The van der Waals surface area contributed by atoms with Gasteiger partial charge in [0, 0.05) is 11.8 Å². The van der Waals surface area contributed by atoms with Crippen molar-refractivity contribution in [2.75, 3.05) is 0 Å². The van der Waals surface area contributed by atoms with Crippen LogP contribution in [-0.2, 0) is 6.61 Å². The second-order valence-corrected chi connectivity index (χ2v) is 5.11. The summed E-state index contributed by atoms with van der Waals surface area (Å²) in [7, 11) is 0. The second kappa shape index (κ2) is 5.50. The van der Waals surface area contributed by atoms with E-state index in [-0.39, 0.29) is 6.61 Å². The first-order chi connectivity index (χ1) is 8.17. The van der Waals surface area contributed by atoms with Crippen molar-refractivity contribution in [3.8, 4) is 5.88 Å². The molecule has 3 nitrogen and oxygen atoms in total. The van der Waals surface area contributed by atoms with E-state index in [1.807, 2.05) is 19.1 Å². The number of hydrogen-bond acceptors (Lipinski definition) is 3. The van der Waals surface area contributed by atoms with E-state index in [0.29, 0.717) is 12.0 Å². The molecule has 0 amide bonds. The molecule has 1 aromatic heterocycles. The molecule has 1 N–H and O–H groups in total. The van der Waals surface area contributed by atoms with Gasteiger partial charge in [0.1, 0.15) is 6.10 Å². The second-order valence-electron chi connectivity index (χ2n) is 5.11. The van der Waals surface area contributed by atoms with E-state index >= 15 is 0 Å². The van der Waals surface area contributed by atoms with Gasteiger partial charge in [-0.2, -0.15) is 0 Å². The summed E-state index contributed by atoms with van der Waals surface area (Å²) in [4.78, 5) is 4.36. The van der Waals surface area contributed by atoms with Gasteiger partial charge in [-0.15, -0.1) is 0 Å². The zero-order valence-electron chi connectivity index (χ0n) is 10.6. The van der Waals surface area contributed by atoms with Gasteiger partial charge in [0.2, 0.25) is 5.88 Å². The van der Waals surface area contributed by atoms with Gasteiger partial charge in [0.25, 0.3) is 0 Å². The molecule has 3 heteroatoms. The molecule has 0 bridgehead atoms. The Morgan fingerprint density at radius 2 is 2.00 bits per heavy atom. The van der Waals surface area contributed by atoms with Crippen molar-refractivity contribution >= 4 is 0 Å². The molecular formula is C14H21NO2. The topological polar surface area (TPSA) is 42.4 Å². The van der Waals surface area contributed by atoms with Gasteiger partial charge in [-0.25, -0.2) is 4.98 Å². The summed E-state index contributed by atoms with van der Waals surface area (Å²) in [5.74, 6) is 1.49. The van der Waals surface area contributed by atoms with E-state index in [4.69, 9.17) is 9.84 Å². The molecule has 1 saturated carbocycles. The molecule has 0 spiro atoms. The lowest BCUT2D eigenvalue weighted by Crippen LogP contribution is -2.23. The van der Waals surface area contributed by atoms with E-state index in [9.17, 15) is 0 Å². The molecule has 2 rings (SSSR count). The highest BCUT2D eigenvalue weighted by Gasteiger charge is 2.20. The predicted molar refractivity (Wildman–Crippen MR) is 66.9 cm³/mol. The molecular weight excluding hydrogens is 214 g/mol. The summed E-state index contributed by atoms with van der Waals surface area (Å²) in [6.45, 7) is 4.27. The maximum atomic E-state index is 9.14. The van der Waals surface area contributed by atoms with Crippen molar-refractivity contribution in [1.82, 2.24) is 4.98 Å². The number of nitrogens with zero attached hydrogens (tertiary/aromatic N) is 1. The number of ether oxygens (including phenoxy) is 1. The molecule has 1 aromatic rings. The van der Waals surface area contributed by atoms with Crippen LogP contribution in [-0.4, -0.2) is 16.2 Å². The van der Waals surface area contributed by atoms with Crippen LogP contribution in [0.1, 0.15) is 43.9 Å². The fourth-order valence-electron chi connectivity index (χ4n) is 2.38. The lowest BCUT2D eigenvalue weighted by atomic mass is 9.89. The van der Waals surface area contributed by atoms with Gasteiger partial charge < -0.3 is 9.84 Å². The van der Waals surface area contributed by atoms with Crippen LogP contribution in [0.2, 0.25) is 0 Å². The van der Waals surface area contributed by atoms with E-state index in [2.05, 4.69) is 11.9 Å². The Hall–Kier alpha value is -1.09. The molecule has 94 valence electrons. The minimum absolute atomic E-state index is 0.0431. The first-order valence-corrected chi connectivity index (χ1v) is 6.42. The highest BCUT2D eigenvalue weighted by atomic mass is 16.5. The molecule has 0 aliphatic heterocycles. The number of aliphatic hydroxyl groups is 1. The summed E-state index contributed by atoms with van der Waals surface area (Å²) >= 11 is 0. The van der Waals surface area contributed by atoms with Crippen LogP contribution in [0.5, 0.6) is 5.88 Å². The summed E-state index contributed by atoms with van der Waals surface area (Å²) in [5.41, 5.74) is 1.77. The molecule has 0 unspecified atom stereocenters. The normalized spacial score (nSPS) is 24.6. The molecule has 1 aliphatic rings. The van der Waals surface area contributed by atoms with Crippen LogP contribution in [0.3, 0.4) is 0 Å². The molecule has 1 heterocycles. The van der Waals surface area contributed by atoms with Crippen molar-refractivity contribution in [3.63, 3.8) is 0 Å². The van der Waals surface area contributed by atoms with Crippen molar-refractivity contribution in [3.05, 3.63) is 23.4 Å². The fourth-order valence-corrected chi connectivity index (χ4v) is 2.38. The Bertz CT molecular complexity index is 370.